The van der Waals surface area contributed by atoms with Crippen LogP contribution in [0.2, 0.25) is 5.02 Å². The molecule has 0 radical (unpaired) electrons. The third-order valence-corrected chi connectivity index (χ3v) is 5.54. The predicted octanol–water partition coefficient (Wildman–Crippen LogP) is 3.91. The van der Waals surface area contributed by atoms with E-state index in [-0.39, 0.29) is 11.8 Å². The first-order valence-corrected chi connectivity index (χ1v) is 10.0. The smallest absolute Gasteiger partial charge is 0.295 e. The van der Waals surface area contributed by atoms with Crippen molar-refractivity contribution in [1.82, 2.24) is 15.2 Å². The summed E-state index contributed by atoms with van der Waals surface area (Å²) >= 11 is 7.67. The van der Waals surface area contributed by atoms with E-state index in [1.807, 2.05) is 31.2 Å². The molecule has 0 fully saturated rings. The maximum atomic E-state index is 13.1. The second-order valence-electron chi connectivity index (χ2n) is 6.28. The topological polar surface area (TPSA) is 89.0 Å². The van der Waals surface area contributed by atoms with Crippen LogP contribution in [0.25, 0.3) is 11.3 Å². The zero-order valence-corrected chi connectivity index (χ0v) is 16.3. The minimum absolute atomic E-state index is 0.242. The number of rotatable bonds is 2. The van der Waals surface area contributed by atoms with Gasteiger partial charge in [0.05, 0.1) is 11.3 Å². The van der Waals surface area contributed by atoms with Crippen molar-refractivity contribution in [3.63, 3.8) is 0 Å². The number of nitrogens with one attached hydrogen (secondary N) is 2. The molecule has 1 aromatic heterocycles. The normalized spacial score (nSPS) is 19.0. The Labute approximate surface area is 169 Å². The van der Waals surface area contributed by atoms with Crippen LogP contribution in [0.1, 0.15) is 12.5 Å². The third kappa shape index (κ3) is 2.52. The molecule has 3 aromatic rings. The van der Waals surface area contributed by atoms with Crippen LogP contribution in [0.15, 0.2) is 47.6 Å². The molecule has 0 saturated carbocycles. The molecule has 0 aliphatic carbocycles. The van der Waals surface area contributed by atoms with Gasteiger partial charge >= 0.3 is 0 Å². The summed E-state index contributed by atoms with van der Waals surface area (Å²) in [7, 11) is 0. The Hall–Kier alpha value is -2.84. The third-order valence-electron chi connectivity index (χ3n) is 4.58. The molecule has 5 rings (SSSR count). The molecule has 0 bridgehead atoms. The van der Waals surface area contributed by atoms with Gasteiger partial charge in [0.2, 0.25) is 11.0 Å². The van der Waals surface area contributed by atoms with E-state index < -0.39 is 5.72 Å². The molecule has 1 atom stereocenters. The lowest BCUT2D eigenvalue weighted by molar-refractivity contribution is -0.128. The zero-order valence-electron chi connectivity index (χ0n) is 14.7. The largest absolute Gasteiger partial charge is 0.435 e. The van der Waals surface area contributed by atoms with E-state index >= 15 is 0 Å². The monoisotopic (exact) mass is 411 g/mol. The summed E-state index contributed by atoms with van der Waals surface area (Å²) in [6.07, 6.45) is 0. The van der Waals surface area contributed by atoms with E-state index in [0.29, 0.717) is 32.8 Å². The van der Waals surface area contributed by atoms with Crippen molar-refractivity contribution in [2.75, 3.05) is 16.4 Å². The summed E-state index contributed by atoms with van der Waals surface area (Å²) in [6.45, 7) is 2.00. The lowest BCUT2D eigenvalue weighted by Crippen LogP contribution is -2.47. The summed E-state index contributed by atoms with van der Waals surface area (Å²) in [4.78, 5) is 17.6. The fourth-order valence-corrected chi connectivity index (χ4v) is 4.04. The number of carbonyl (C=O) groups is 1. The Bertz CT molecular complexity index is 1130. The Morgan fingerprint density at radius 3 is 2.89 bits per heavy atom. The summed E-state index contributed by atoms with van der Waals surface area (Å²) in [5.74, 6) is 0.682. The average Bonchev–Trinajstić information content (AvgIpc) is 2.85. The van der Waals surface area contributed by atoms with E-state index in [1.165, 1.54) is 11.8 Å². The van der Waals surface area contributed by atoms with Crippen LogP contribution in [0.4, 0.5) is 11.4 Å². The highest BCUT2D eigenvalue weighted by Crippen LogP contribution is 2.47. The van der Waals surface area contributed by atoms with E-state index in [1.54, 1.807) is 18.2 Å². The number of nitrogens with zero attached hydrogens (tertiary/aromatic N) is 3. The molecule has 7 nitrogen and oxygen atoms in total. The van der Waals surface area contributed by atoms with Crippen molar-refractivity contribution >= 4 is 40.6 Å². The van der Waals surface area contributed by atoms with Crippen LogP contribution < -0.4 is 15.4 Å². The van der Waals surface area contributed by atoms with E-state index in [4.69, 9.17) is 16.3 Å². The number of hydrogen-bond donors (Lipinski definition) is 2. The summed E-state index contributed by atoms with van der Waals surface area (Å²) < 4.78 is 6.26. The quantitative estimate of drug-likeness (QED) is 0.618. The molecular weight excluding hydrogens is 398 g/mol. The summed E-state index contributed by atoms with van der Waals surface area (Å²) in [5.41, 5.74) is 1.64. The summed E-state index contributed by atoms with van der Waals surface area (Å²) in [6, 6.07) is 12.7. The molecule has 28 heavy (non-hydrogen) atoms. The Morgan fingerprint density at radius 1 is 1.18 bits per heavy atom. The van der Waals surface area contributed by atoms with Gasteiger partial charge in [0.15, 0.2) is 5.69 Å². The fourth-order valence-electron chi connectivity index (χ4n) is 3.36. The summed E-state index contributed by atoms with van der Waals surface area (Å²) in [5, 5.41) is 15.6. The van der Waals surface area contributed by atoms with Gasteiger partial charge in [0.25, 0.3) is 11.6 Å². The predicted molar refractivity (Wildman–Crippen MR) is 108 cm³/mol. The van der Waals surface area contributed by atoms with Gasteiger partial charge in [-0.15, -0.1) is 10.2 Å². The van der Waals surface area contributed by atoms with Crippen LogP contribution in [-0.2, 0) is 10.5 Å². The molecule has 0 saturated heterocycles. The van der Waals surface area contributed by atoms with Gasteiger partial charge in [-0.25, -0.2) is 0 Å². The van der Waals surface area contributed by atoms with Crippen LogP contribution in [0.3, 0.4) is 0 Å². The second kappa shape index (κ2) is 6.35. The van der Waals surface area contributed by atoms with Crippen LogP contribution in [-0.4, -0.2) is 26.8 Å². The number of ether oxygens (including phenoxy) is 1. The standard InChI is InChI=1S/C19H14ClN5O2S/c1-2-28-18-22-16-15(24-25-18)11-5-3-4-6-13(11)23-19(27-16)12-9-10(20)7-8-14(12)21-17(19)26/h3-9,23H,2H2,1H3,(H,21,26)/t19-/m0/s1. The van der Waals surface area contributed by atoms with Gasteiger partial charge in [-0.2, -0.15) is 4.98 Å². The molecule has 2 N–H and O–H groups in total. The number of para-hydroxylation sites is 1. The maximum Gasteiger partial charge on any atom is 0.295 e. The Morgan fingerprint density at radius 2 is 2.04 bits per heavy atom. The molecule has 9 heteroatoms. The molecular formula is C19H14ClN5O2S. The number of thioether (sulfide) groups is 1. The molecule has 2 aliphatic rings. The van der Waals surface area contributed by atoms with Gasteiger partial charge in [0, 0.05) is 16.3 Å². The first-order valence-electron chi connectivity index (χ1n) is 8.66. The number of fused-ring (bicyclic) bond motifs is 5. The highest BCUT2D eigenvalue weighted by Gasteiger charge is 2.52. The minimum Gasteiger partial charge on any atom is -0.435 e. The first kappa shape index (κ1) is 17.3. The van der Waals surface area contributed by atoms with E-state index in [9.17, 15) is 4.79 Å². The van der Waals surface area contributed by atoms with Crippen molar-refractivity contribution in [3.8, 4) is 17.1 Å². The average molecular weight is 412 g/mol. The highest BCUT2D eigenvalue weighted by atomic mass is 35.5. The highest BCUT2D eigenvalue weighted by molar-refractivity contribution is 7.99. The lowest BCUT2D eigenvalue weighted by Gasteiger charge is -2.28. The number of amides is 1. The van der Waals surface area contributed by atoms with E-state index in [0.717, 1.165) is 11.3 Å². The van der Waals surface area contributed by atoms with Crippen molar-refractivity contribution in [2.45, 2.75) is 17.8 Å². The van der Waals surface area contributed by atoms with Crippen LogP contribution >= 0.6 is 23.4 Å². The number of carbonyl (C=O) groups excluding carboxylic acids is 1. The molecule has 3 heterocycles. The zero-order chi connectivity index (χ0) is 19.3. The molecule has 140 valence electrons. The molecule has 2 aliphatic heterocycles. The van der Waals surface area contributed by atoms with Gasteiger partial charge in [0.1, 0.15) is 0 Å². The maximum absolute atomic E-state index is 13.1. The van der Waals surface area contributed by atoms with Crippen molar-refractivity contribution < 1.29 is 9.53 Å². The molecule has 1 spiro atoms. The minimum atomic E-state index is -1.51. The molecule has 1 amide bonds. The van der Waals surface area contributed by atoms with Gasteiger partial charge in [-0.3, -0.25) is 4.79 Å². The number of hydrogen-bond acceptors (Lipinski definition) is 7. The Balaban J connectivity index is 1.77. The number of anilines is 2. The number of benzene rings is 2. The number of halogens is 1. The second-order valence-corrected chi connectivity index (χ2v) is 7.95. The Kier molecular flexibility index (Phi) is 3.92. The fraction of sp³-hybridized carbons (Fsp3) is 0.158. The first-order chi connectivity index (χ1) is 13.6. The van der Waals surface area contributed by atoms with Gasteiger partial charge in [-0.05, 0) is 30.0 Å². The van der Waals surface area contributed by atoms with Crippen molar-refractivity contribution in [1.29, 1.82) is 0 Å². The SMILES string of the molecule is CCSc1nnc2c(n1)O[C@]1(Nc3ccccc3-2)C(=O)Nc2ccc(Cl)cc21. The molecule has 0 unspecified atom stereocenters. The van der Waals surface area contributed by atoms with Crippen LogP contribution in [0.5, 0.6) is 5.88 Å². The van der Waals surface area contributed by atoms with Crippen molar-refractivity contribution in [2.24, 2.45) is 0 Å². The molecule has 2 aromatic carbocycles. The lowest BCUT2D eigenvalue weighted by atomic mass is 10.0. The van der Waals surface area contributed by atoms with Crippen molar-refractivity contribution in [3.05, 3.63) is 53.1 Å². The van der Waals surface area contributed by atoms with Gasteiger partial charge in [-0.1, -0.05) is 48.5 Å². The van der Waals surface area contributed by atoms with Gasteiger partial charge < -0.3 is 15.4 Å². The van der Waals surface area contributed by atoms with Crippen LogP contribution in [0, 0.1) is 0 Å². The van der Waals surface area contributed by atoms with E-state index in [2.05, 4.69) is 25.8 Å². The number of aromatic nitrogens is 3.